The number of aliphatic hydroxyl groups is 2. The van der Waals surface area contributed by atoms with Gasteiger partial charge in [0.05, 0.1) is 26.9 Å². The van der Waals surface area contributed by atoms with Crippen LogP contribution in [0.4, 0.5) is 0 Å². The van der Waals surface area contributed by atoms with Crippen LogP contribution in [0.1, 0.15) is 25.3 Å². The maximum atomic E-state index is 9.37. The first-order valence-corrected chi connectivity index (χ1v) is 9.77. The summed E-state index contributed by atoms with van der Waals surface area (Å²) in [6, 6.07) is 5.64. The fraction of sp³-hybridized carbons (Fsp3) is 0.650. The number of nitrogens with zero attached hydrogens (tertiary/aromatic N) is 1. The Kier molecular flexibility index (Phi) is 9.33. The summed E-state index contributed by atoms with van der Waals surface area (Å²) in [4.78, 5) is 4.66. The first-order chi connectivity index (χ1) is 13.7. The first-order valence-electron chi connectivity index (χ1n) is 9.77. The molecule has 1 saturated heterocycles. The van der Waals surface area contributed by atoms with Gasteiger partial charge in [-0.05, 0) is 37.5 Å². The maximum absolute atomic E-state index is 9.37. The number of aliphatic imine (C=N–C) groups is 1. The van der Waals surface area contributed by atoms with E-state index in [0.717, 1.165) is 31.1 Å². The minimum Gasteiger partial charge on any atom is -0.493 e. The van der Waals surface area contributed by atoms with Crippen LogP contribution in [-0.4, -0.2) is 69.4 Å². The molecule has 1 aromatic carbocycles. The number of ether oxygens (including phenoxy) is 3. The minimum atomic E-state index is -0.0459. The van der Waals surface area contributed by atoms with E-state index in [9.17, 15) is 5.11 Å². The zero-order chi connectivity index (χ0) is 20.2. The summed E-state index contributed by atoms with van der Waals surface area (Å²) in [5.74, 6) is 1.94. The summed E-state index contributed by atoms with van der Waals surface area (Å²) < 4.78 is 16.4. The highest BCUT2D eigenvalue weighted by molar-refractivity contribution is 5.79. The van der Waals surface area contributed by atoms with Crippen LogP contribution in [0.3, 0.4) is 0 Å². The molecule has 0 radical (unpaired) electrons. The Morgan fingerprint density at radius 2 is 2.11 bits per heavy atom. The molecule has 8 heteroatoms. The van der Waals surface area contributed by atoms with Crippen molar-refractivity contribution in [1.29, 1.82) is 0 Å². The van der Waals surface area contributed by atoms with Gasteiger partial charge < -0.3 is 35.1 Å². The zero-order valence-electron chi connectivity index (χ0n) is 16.9. The molecule has 0 saturated carbocycles. The van der Waals surface area contributed by atoms with Crippen molar-refractivity contribution in [3.05, 3.63) is 23.8 Å². The smallest absolute Gasteiger partial charge is 0.191 e. The molecule has 0 aromatic heterocycles. The third-order valence-electron chi connectivity index (χ3n) is 4.80. The number of hydrogen-bond donors (Lipinski definition) is 4. The van der Waals surface area contributed by atoms with Gasteiger partial charge in [-0.2, -0.15) is 0 Å². The number of methoxy groups -OCH3 is 1. The van der Waals surface area contributed by atoms with Gasteiger partial charge in [-0.1, -0.05) is 6.07 Å². The first kappa shape index (κ1) is 22.3. The highest BCUT2D eigenvalue weighted by Crippen LogP contribution is 2.31. The summed E-state index contributed by atoms with van der Waals surface area (Å²) in [7, 11) is 1.59. The maximum Gasteiger partial charge on any atom is 0.191 e. The summed E-state index contributed by atoms with van der Waals surface area (Å²) in [6.07, 6.45) is 1.65. The van der Waals surface area contributed by atoms with Crippen molar-refractivity contribution in [2.75, 3.05) is 53.2 Å². The van der Waals surface area contributed by atoms with Gasteiger partial charge in [-0.15, -0.1) is 0 Å². The van der Waals surface area contributed by atoms with E-state index in [-0.39, 0.29) is 25.2 Å². The number of hydrogen-bond acceptors (Lipinski definition) is 6. The lowest BCUT2D eigenvalue weighted by atomic mass is 9.84. The van der Waals surface area contributed by atoms with Gasteiger partial charge in [0.2, 0.25) is 0 Å². The summed E-state index contributed by atoms with van der Waals surface area (Å²) in [5, 5.41) is 24.9. The average molecular weight is 396 g/mol. The number of guanidine groups is 1. The van der Waals surface area contributed by atoms with Crippen LogP contribution in [-0.2, 0) is 11.3 Å². The van der Waals surface area contributed by atoms with Gasteiger partial charge in [-0.25, -0.2) is 4.99 Å². The van der Waals surface area contributed by atoms with Gasteiger partial charge in [0, 0.05) is 31.7 Å². The van der Waals surface area contributed by atoms with E-state index in [1.165, 1.54) is 0 Å². The standard InChI is InChI=1S/C20H33N3O5/c1-3-21-19(23-14-20(6-8-24)7-10-27-15-20)22-13-16-4-5-17(28-11-9-25)18(12-16)26-2/h4-5,12,24-25H,3,6-11,13-15H2,1-2H3,(H2,21,22,23). The van der Waals surface area contributed by atoms with E-state index in [1.807, 2.05) is 25.1 Å². The van der Waals surface area contributed by atoms with E-state index in [0.29, 0.717) is 37.6 Å². The number of rotatable bonds is 11. The molecular weight excluding hydrogens is 362 g/mol. The predicted molar refractivity (Wildman–Crippen MR) is 108 cm³/mol. The van der Waals surface area contributed by atoms with E-state index >= 15 is 0 Å². The Labute approximate surface area is 166 Å². The third-order valence-corrected chi connectivity index (χ3v) is 4.80. The van der Waals surface area contributed by atoms with Gasteiger partial charge in [-0.3, -0.25) is 0 Å². The highest BCUT2D eigenvalue weighted by atomic mass is 16.5. The quantitative estimate of drug-likeness (QED) is 0.326. The van der Waals surface area contributed by atoms with Crippen LogP contribution in [0.2, 0.25) is 0 Å². The summed E-state index contributed by atoms with van der Waals surface area (Å²) in [6.45, 7) is 5.70. The summed E-state index contributed by atoms with van der Waals surface area (Å²) >= 11 is 0. The Bertz CT molecular complexity index is 618. The lowest BCUT2D eigenvalue weighted by Crippen LogP contribution is -2.44. The van der Waals surface area contributed by atoms with Crippen LogP contribution >= 0.6 is 0 Å². The molecule has 1 aliphatic rings. The van der Waals surface area contributed by atoms with Crippen molar-refractivity contribution >= 4 is 5.96 Å². The fourth-order valence-corrected chi connectivity index (χ4v) is 3.18. The topological polar surface area (TPSA) is 105 Å². The Hall–Kier alpha value is -2.03. The van der Waals surface area contributed by atoms with Gasteiger partial charge in [0.25, 0.3) is 0 Å². The second-order valence-corrected chi connectivity index (χ2v) is 6.88. The highest BCUT2D eigenvalue weighted by Gasteiger charge is 2.34. The van der Waals surface area contributed by atoms with Gasteiger partial charge in [0.1, 0.15) is 6.61 Å². The zero-order valence-corrected chi connectivity index (χ0v) is 16.9. The number of nitrogens with one attached hydrogen (secondary N) is 2. The van der Waals surface area contributed by atoms with Crippen LogP contribution in [0.15, 0.2) is 23.2 Å². The lowest BCUT2D eigenvalue weighted by molar-refractivity contribution is 0.127. The molecule has 1 fully saturated rings. The SMILES string of the molecule is CCNC(=NCc1ccc(OCCO)c(OC)c1)NCC1(CCO)CCOC1. The van der Waals surface area contributed by atoms with E-state index in [4.69, 9.17) is 19.3 Å². The molecule has 28 heavy (non-hydrogen) atoms. The molecule has 2 rings (SSSR count). The molecule has 1 unspecified atom stereocenters. The average Bonchev–Trinajstić information content (AvgIpc) is 3.17. The lowest BCUT2D eigenvalue weighted by Gasteiger charge is -2.27. The van der Waals surface area contributed by atoms with Crippen LogP contribution in [0.25, 0.3) is 0 Å². The fourth-order valence-electron chi connectivity index (χ4n) is 3.18. The van der Waals surface area contributed by atoms with Crippen LogP contribution in [0, 0.1) is 5.41 Å². The Morgan fingerprint density at radius 3 is 2.75 bits per heavy atom. The normalized spacial score (nSPS) is 19.5. The van der Waals surface area contributed by atoms with Crippen molar-refractivity contribution in [2.24, 2.45) is 10.4 Å². The molecule has 1 aliphatic heterocycles. The molecule has 1 heterocycles. The molecule has 4 N–H and O–H groups in total. The predicted octanol–water partition coefficient (Wildman–Crippen LogP) is 0.911. The Balaban J connectivity index is 2.01. The molecule has 1 atom stereocenters. The molecule has 0 aliphatic carbocycles. The van der Waals surface area contributed by atoms with Crippen LogP contribution in [0.5, 0.6) is 11.5 Å². The van der Waals surface area contributed by atoms with E-state index in [1.54, 1.807) is 7.11 Å². The third kappa shape index (κ3) is 6.54. The van der Waals surface area contributed by atoms with Gasteiger partial charge in [0.15, 0.2) is 17.5 Å². The molecule has 0 bridgehead atoms. The van der Waals surface area contributed by atoms with Crippen molar-refractivity contribution in [3.8, 4) is 11.5 Å². The largest absolute Gasteiger partial charge is 0.493 e. The molecular formula is C20H33N3O5. The second kappa shape index (κ2) is 11.7. The number of benzene rings is 1. The van der Waals surface area contributed by atoms with Crippen molar-refractivity contribution in [3.63, 3.8) is 0 Å². The van der Waals surface area contributed by atoms with Crippen molar-refractivity contribution < 1.29 is 24.4 Å². The van der Waals surface area contributed by atoms with Crippen molar-refractivity contribution in [2.45, 2.75) is 26.3 Å². The minimum absolute atomic E-state index is 0.0418. The van der Waals surface area contributed by atoms with Crippen molar-refractivity contribution in [1.82, 2.24) is 10.6 Å². The molecule has 158 valence electrons. The summed E-state index contributed by atoms with van der Waals surface area (Å²) in [5.41, 5.74) is 0.944. The van der Waals surface area contributed by atoms with Crippen LogP contribution < -0.4 is 20.1 Å². The second-order valence-electron chi connectivity index (χ2n) is 6.88. The van der Waals surface area contributed by atoms with E-state index < -0.39 is 0 Å². The molecule has 1 aromatic rings. The number of aliphatic hydroxyl groups excluding tert-OH is 2. The van der Waals surface area contributed by atoms with Gasteiger partial charge >= 0.3 is 0 Å². The van der Waals surface area contributed by atoms with E-state index in [2.05, 4.69) is 15.6 Å². The Morgan fingerprint density at radius 1 is 1.25 bits per heavy atom. The monoisotopic (exact) mass is 395 g/mol. The molecule has 8 nitrogen and oxygen atoms in total. The molecule has 0 spiro atoms. The molecule has 0 amide bonds.